The topological polar surface area (TPSA) is 48.9 Å². The lowest BCUT2D eigenvalue weighted by atomic mass is 10.1. The normalized spacial score (nSPS) is 19.5. The van der Waals surface area contributed by atoms with Gasteiger partial charge in [0.1, 0.15) is 10.8 Å². The smallest absolute Gasteiger partial charge is 0.139 e. The minimum absolute atomic E-state index is 0.339. The van der Waals surface area contributed by atoms with Gasteiger partial charge in [0, 0.05) is 37.2 Å². The maximum atomic E-state index is 5.62. The molecule has 2 aliphatic rings. The minimum Gasteiger partial charge on any atom is -0.380 e. The van der Waals surface area contributed by atoms with E-state index in [0.717, 1.165) is 50.1 Å². The summed E-state index contributed by atoms with van der Waals surface area (Å²) in [6, 6.07) is 10.8. The average Bonchev–Trinajstić information content (AvgIpc) is 2.91. The van der Waals surface area contributed by atoms with Crippen LogP contribution in [0.4, 0.5) is 16.4 Å². The van der Waals surface area contributed by atoms with Crippen molar-refractivity contribution in [3.8, 4) is 0 Å². The Kier molecular flexibility index (Phi) is 4.74. The van der Waals surface area contributed by atoms with Crippen molar-refractivity contribution < 1.29 is 4.74 Å². The van der Waals surface area contributed by atoms with Gasteiger partial charge in [-0.15, -0.1) is 11.3 Å². The standard InChI is InChI=1S/C19H24N4OS/c1-3-24-12-14-11-23(9-8-20-14)18-15-10-13(2)25-19(15)22-17-7-5-4-6-16(17)21-18/h4-7,10,14,20,22H,3,8-9,11-12H2,1-2H3/t14-/m1/s1. The van der Waals surface area contributed by atoms with Gasteiger partial charge in [0.25, 0.3) is 0 Å². The van der Waals surface area contributed by atoms with E-state index in [1.54, 1.807) is 11.3 Å². The zero-order chi connectivity index (χ0) is 17.2. The molecule has 1 saturated heterocycles. The monoisotopic (exact) mass is 356 g/mol. The molecule has 0 unspecified atom stereocenters. The largest absolute Gasteiger partial charge is 0.380 e. The number of rotatable bonds is 3. The lowest BCUT2D eigenvalue weighted by Gasteiger charge is -2.35. The van der Waals surface area contributed by atoms with E-state index in [2.05, 4.69) is 46.7 Å². The number of aliphatic imine (C=N–C) groups is 1. The number of piperazine rings is 1. The van der Waals surface area contributed by atoms with E-state index >= 15 is 0 Å². The van der Waals surface area contributed by atoms with Crippen LogP contribution >= 0.6 is 11.3 Å². The van der Waals surface area contributed by atoms with Gasteiger partial charge in [0.15, 0.2) is 0 Å². The van der Waals surface area contributed by atoms with Crippen LogP contribution in [0.1, 0.15) is 17.4 Å². The van der Waals surface area contributed by atoms with Gasteiger partial charge >= 0.3 is 0 Å². The molecule has 4 rings (SSSR count). The van der Waals surface area contributed by atoms with Crippen molar-refractivity contribution >= 4 is 33.5 Å². The second-order valence-corrected chi connectivity index (χ2v) is 7.69. The number of fused-ring (bicyclic) bond motifs is 2. The van der Waals surface area contributed by atoms with Crippen LogP contribution in [0.3, 0.4) is 0 Å². The summed E-state index contributed by atoms with van der Waals surface area (Å²) in [5.74, 6) is 1.07. The van der Waals surface area contributed by atoms with Gasteiger partial charge in [-0.2, -0.15) is 0 Å². The van der Waals surface area contributed by atoms with Gasteiger partial charge in [-0.1, -0.05) is 12.1 Å². The summed E-state index contributed by atoms with van der Waals surface area (Å²) in [7, 11) is 0. The Hall–Kier alpha value is -1.89. The number of para-hydroxylation sites is 2. The minimum atomic E-state index is 0.339. The molecule has 1 fully saturated rings. The number of aryl methyl sites for hydroxylation is 1. The number of benzene rings is 1. The maximum Gasteiger partial charge on any atom is 0.139 e. The van der Waals surface area contributed by atoms with Crippen molar-refractivity contribution in [3.63, 3.8) is 0 Å². The molecule has 0 amide bonds. The molecule has 0 spiro atoms. The number of nitrogens with zero attached hydrogens (tertiary/aromatic N) is 2. The molecule has 2 aliphatic heterocycles. The Morgan fingerprint density at radius 2 is 2.24 bits per heavy atom. The first kappa shape index (κ1) is 16.6. The van der Waals surface area contributed by atoms with E-state index in [4.69, 9.17) is 9.73 Å². The van der Waals surface area contributed by atoms with Crippen LogP contribution in [0.5, 0.6) is 0 Å². The van der Waals surface area contributed by atoms with E-state index in [1.165, 1.54) is 15.4 Å². The molecular weight excluding hydrogens is 332 g/mol. The zero-order valence-electron chi connectivity index (χ0n) is 14.7. The van der Waals surface area contributed by atoms with E-state index in [-0.39, 0.29) is 0 Å². The second kappa shape index (κ2) is 7.15. The third-order valence-corrected chi connectivity index (χ3v) is 5.52. The number of nitrogens with one attached hydrogen (secondary N) is 2. The van der Waals surface area contributed by atoms with E-state index in [0.29, 0.717) is 6.04 Å². The highest BCUT2D eigenvalue weighted by Crippen LogP contribution is 2.39. The highest BCUT2D eigenvalue weighted by molar-refractivity contribution is 7.16. The van der Waals surface area contributed by atoms with Crippen LogP contribution < -0.4 is 10.6 Å². The average molecular weight is 356 g/mol. The summed E-state index contributed by atoms with van der Waals surface area (Å²) in [5.41, 5.74) is 3.27. The number of thiophene rings is 1. The van der Waals surface area contributed by atoms with E-state index in [9.17, 15) is 0 Å². The Morgan fingerprint density at radius 1 is 1.36 bits per heavy atom. The Labute approximate surface area is 152 Å². The number of hydrogen-bond acceptors (Lipinski definition) is 6. The van der Waals surface area contributed by atoms with Gasteiger partial charge in [0.05, 0.1) is 23.5 Å². The van der Waals surface area contributed by atoms with Gasteiger partial charge in [-0.25, -0.2) is 4.99 Å². The van der Waals surface area contributed by atoms with Gasteiger partial charge in [-0.3, -0.25) is 0 Å². The molecule has 132 valence electrons. The molecule has 2 N–H and O–H groups in total. The summed E-state index contributed by atoms with van der Waals surface area (Å²) >= 11 is 1.79. The van der Waals surface area contributed by atoms with Crippen LogP contribution in [0.2, 0.25) is 0 Å². The zero-order valence-corrected chi connectivity index (χ0v) is 15.5. The third-order valence-electron chi connectivity index (χ3n) is 4.55. The van der Waals surface area contributed by atoms with Crippen molar-refractivity contribution in [2.75, 3.05) is 38.2 Å². The van der Waals surface area contributed by atoms with Crippen molar-refractivity contribution in [1.82, 2.24) is 10.2 Å². The molecule has 1 aromatic heterocycles. The molecule has 0 saturated carbocycles. The van der Waals surface area contributed by atoms with Crippen molar-refractivity contribution in [1.29, 1.82) is 0 Å². The van der Waals surface area contributed by atoms with Gasteiger partial charge in [0.2, 0.25) is 0 Å². The highest BCUT2D eigenvalue weighted by Gasteiger charge is 2.27. The molecule has 1 atom stereocenters. The summed E-state index contributed by atoms with van der Waals surface area (Å²) < 4.78 is 5.62. The lowest BCUT2D eigenvalue weighted by molar-refractivity contribution is 0.105. The molecule has 25 heavy (non-hydrogen) atoms. The van der Waals surface area contributed by atoms with Crippen molar-refractivity contribution in [3.05, 3.63) is 40.8 Å². The molecular formula is C19H24N4OS. The Bertz CT molecular complexity index is 785. The lowest BCUT2D eigenvalue weighted by Crippen LogP contribution is -2.54. The first-order chi connectivity index (χ1) is 12.2. The Morgan fingerprint density at radius 3 is 3.12 bits per heavy atom. The SMILES string of the molecule is CCOC[C@H]1CN(C2=Nc3ccccc3Nc3sc(C)cc32)CCN1. The first-order valence-corrected chi connectivity index (χ1v) is 9.68. The highest BCUT2D eigenvalue weighted by atomic mass is 32.1. The first-order valence-electron chi connectivity index (χ1n) is 8.86. The van der Waals surface area contributed by atoms with E-state index in [1.807, 2.05) is 13.0 Å². The van der Waals surface area contributed by atoms with Crippen LogP contribution in [0.25, 0.3) is 0 Å². The molecule has 1 aromatic carbocycles. The summed E-state index contributed by atoms with van der Waals surface area (Å²) in [6.07, 6.45) is 0. The third kappa shape index (κ3) is 3.42. The molecule has 3 heterocycles. The number of hydrogen-bond donors (Lipinski definition) is 2. The Balaban J connectivity index is 1.70. The van der Waals surface area contributed by atoms with Crippen LogP contribution in [0.15, 0.2) is 35.3 Å². The second-order valence-electron chi connectivity index (χ2n) is 6.43. The molecule has 6 heteroatoms. The molecule has 2 aromatic rings. The molecule has 5 nitrogen and oxygen atoms in total. The fourth-order valence-electron chi connectivity index (χ4n) is 3.38. The molecule has 0 radical (unpaired) electrons. The van der Waals surface area contributed by atoms with Crippen LogP contribution in [-0.4, -0.2) is 49.6 Å². The quantitative estimate of drug-likeness (QED) is 0.884. The number of amidine groups is 1. The predicted molar refractivity (Wildman–Crippen MR) is 105 cm³/mol. The molecule has 0 bridgehead atoms. The molecule has 0 aliphatic carbocycles. The number of ether oxygens (including phenoxy) is 1. The fourth-order valence-corrected chi connectivity index (χ4v) is 4.30. The summed E-state index contributed by atoms with van der Waals surface area (Å²) in [4.78, 5) is 8.74. The maximum absolute atomic E-state index is 5.62. The fraction of sp³-hybridized carbons (Fsp3) is 0.421. The van der Waals surface area contributed by atoms with E-state index < -0.39 is 0 Å². The van der Waals surface area contributed by atoms with Crippen molar-refractivity contribution in [2.45, 2.75) is 19.9 Å². The summed E-state index contributed by atoms with van der Waals surface area (Å²) in [5, 5.41) is 8.31. The predicted octanol–water partition coefficient (Wildman–Crippen LogP) is 3.50. The van der Waals surface area contributed by atoms with Crippen LogP contribution in [-0.2, 0) is 4.74 Å². The van der Waals surface area contributed by atoms with Crippen LogP contribution in [0, 0.1) is 6.92 Å². The van der Waals surface area contributed by atoms with Crippen molar-refractivity contribution in [2.24, 2.45) is 4.99 Å². The van der Waals surface area contributed by atoms with Gasteiger partial charge < -0.3 is 20.3 Å². The van der Waals surface area contributed by atoms with Gasteiger partial charge in [-0.05, 0) is 32.0 Å². The number of anilines is 2. The summed E-state index contributed by atoms with van der Waals surface area (Å²) in [6.45, 7) is 8.51.